The second kappa shape index (κ2) is 11.4. The molecule has 2 rings (SSSR count). The average Bonchev–Trinajstić information content (AvgIpc) is 2.47. The van der Waals surface area contributed by atoms with E-state index in [1.54, 1.807) is 14.2 Å². The molecular weight excluding hydrogens is 391 g/mol. The smallest absolute Gasteiger partial charge is 0.174 e. The third-order valence-electron chi connectivity index (χ3n) is 3.71. The number of methoxy groups -OCH3 is 2. The Balaban J connectivity index is 0.00000220. The Labute approximate surface area is 153 Å². The van der Waals surface area contributed by atoms with Gasteiger partial charge in [-0.05, 0) is 72.0 Å². The summed E-state index contributed by atoms with van der Waals surface area (Å²) in [5.41, 5.74) is 1.20. The summed E-state index contributed by atoms with van der Waals surface area (Å²) in [6.45, 7) is 4.22. The van der Waals surface area contributed by atoms with Crippen molar-refractivity contribution in [2.24, 2.45) is 5.92 Å². The van der Waals surface area contributed by atoms with Gasteiger partial charge < -0.3 is 20.1 Å². The topological polar surface area (TPSA) is 42.5 Å². The fourth-order valence-corrected chi connectivity index (χ4v) is 3.23. The van der Waals surface area contributed by atoms with Gasteiger partial charge in [0, 0.05) is 6.54 Å². The molecule has 0 spiro atoms. The molecule has 0 aliphatic carbocycles. The van der Waals surface area contributed by atoms with Gasteiger partial charge in [-0.2, -0.15) is 0 Å². The van der Waals surface area contributed by atoms with Crippen LogP contribution in [0.4, 0.5) is 0 Å². The molecule has 0 radical (unpaired) electrons. The van der Waals surface area contributed by atoms with Crippen molar-refractivity contribution in [1.82, 2.24) is 10.6 Å². The van der Waals surface area contributed by atoms with E-state index in [9.17, 15) is 0 Å². The van der Waals surface area contributed by atoms with Crippen molar-refractivity contribution in [3.63, 3.8) is 0 Å². The lowest BCUT2D eigenvalue weighted by atomic mass is 9.98. The van der Waals surface area contributed by atoms with Gasteiger partial charge in [0.1, 0.15) is 0 Å². The maximum Gasteiger partial charge on any atom is 0.174 e. The first-order valence-corrected chi connectivity index (χ1v) is 7.85. The molecule has 0 bridgehead atoms. The number of hydrogen-bond acceptors (Lipinski definition) is 4. The predicted octanol–water partition coefficient (Wildman–Crippen LogP) is 3.40. The maximum atomic E-state index is 5.36. The summed E-state index contributed by atoms with van der Waals surface area (Å²) in [4.78, 5) is 0. The second-order valence-corrected chi connectivity index (χ2v) is 5.99. The van der Waals surface area contributed by atoms with Gasteiger partial charge in [-0.15, -0.1) is 24.8 Å². The van der Waals surface area contributed by atoms with Crippen molar-refractivity contribution >= 4 is 40.7 Å². The largest absolute Gasteiger partial charge is 0.493 e. The molecule has 1 fully saturated rings. The summed E-state index contributed by atoms with van der Waals surface area (Å²) in [7, 11) is 3.31. The molecule has 4 nitrogen and oxygen atoms in total. The second-order valence-electron chi connectivity index (χ2n) is 5.14. The number of halogens is 3. The molecule has 1 aromatic rings. The zero-order valence-electron chi connectivity index (χ0n) is 13.0. The highest BCUT2D eigenvalue weighted by Crippen LogP contribution is 2.36. The van der Waals surface area contributed by atoms with E-state index in [2.05, 4.69) is 32.6 Å². The molecule has 7 heteroatoms. The van der Waals surface area contributed by atoms with E-state index in [1.165, 1.54) is 18.4 Å². The standard InChI is InChI=1S/C15H23BrN2O2.2ClH/c1-19-14-8-12(7-13(16)15(14)20-2)10-18-9-11-3-5-17-6-4-11;;/h7-8,11,17-18H,3-6,9-10H2,1-2H3;2*1H. The first-order valence-electron chi connectivity index (χ1n) is 7.06. The number of hydrogen-bond donors (Lipinski definition) is 2. The first-order chi connectivity index (χ1) is 9.74. The van der Waals surface area contributed by atoms with Crippen LogP contribution in [0.2, 0.25) is 0 Å². The Hall–Kier alpha value is -0.200. The molecule has 1 aliphatic rings. The van der Waals surface area contributed by atoms with Crippen molar-refractivity contribution < 1.29 is 9.47 Å². The molecule has 0 unspecified atom stereocenters. The van der Waals surface area contributed by atoms with E-state index in [0.717, 1.165) is 48.1 Å². The Kier molecular flexibility index (Phi) is 11.3. The fourth-order valence-electron chi connectivity index (χ4n) is 2.58. The minimum Gasteiger partial charge on any atom is -0.493 e. The molecule has 1 aliphatic heterocycles. The van der Waals surface area contributed by atoms with Gasteiger partial charge in [0.15, 0.2) is 11.5 Å². The highest BCUT2D eigenvalue weighted by molar-refractivity contribution is 9.10. The van der Waals surface area contributed by atoms with Crippen molar-refractivity contribution in [3.05, 3.63) is 22.2 Å². The fraction of sp³-hybridized carbons (Fsp3) is 0.600. The minimum atomic E-state index is 0. The minimum absolute atomic E-state index is 0. The molecule has 1 saturated heterocycles. The molecular formula is C15H25BrCl2N2O2. The Bertz CT molecular complexity index is 444. The molecule has 0 saturated carbocycles. The monoisotopic (exact) mass is 414 g/mol. The third-order valence-corrected chi connectivity index (χ3v) is 4.30. The predicted molar refractivity (Wildman–Crippen MR) is 99.0 cm³/mol. The third kappa shape index (κ3) is 6.13. The highest BCUT2D eigenvalue weighted by Gasteiger charge is 2.13. The van der Waals surface area contributed by atoms with E-state index >= 15 is 0 Å². The number of benzene rings is 1. The highest BCUT2D eigenvalue weighted by atomic mass is 79.9. The van der Waals surface area contributed by atoms with Crippen LogP contribution in [0.25, 0.3) is 0 Å². The van der Waals surface area contributed by atoms with Crippen LogP contribution >= 0.6 is 40.7 Å². The van der Waals surface area contributed by atoms with Crippen molar-refractivity contribution in [3.8, 4) is 11.5 Å². The summed E-state index contributed by atoms with van der Waals surface area (Å²) in [5, 5.41) is 6.94. The lowest BCUT2D eigenvalue weighted by molar-refractivity contribution is 0.350. The van der Waals surface area contributed by atoms with E-state index in [1.807, 2.05) is 6.07 Å². The van der Waals surface area contributed by atoms with Gasteiger partial charge in [0.25, 0.3) is 0 Å². The molecule has 0 aromatic heterocycles. The van der Waals surface area contributed by atoms with Gasteiger partial charge in [0.05, 0.1) is 18.7 Å². The summed E-state index contributed by atoms with van der Waals surface area (Å²) >= 11 is 3.53. The van der Waals surface area contributed by atoms with E-state index in [0.29, 0.717) is 0 Å². The molecule has 1 heterocycles. The molecule has 0 amide bonds. The Morgan fingerprint density at radius 3 is 2.45 bits per heavy atom. The lowest BCUT2D eigenvalue weighted by Crippen LogP contribution is -2.33. The van der Waals surface area contributed by atoms with Gasteiger partial charge in [-0.3, -0.25) is 0 Å². The van der Waals surface area contributed by atoms with Crippen LogP contribution < -0.4 is 20.1 Å². The summed E-state index contributed by atoms with van der Waals surface area (Å²) in [6.07, 6.45) is 2.53. The van der Waals surface area contributed by atoms with Crippen LogP contribution in [-0.4, -0.2) is 33.9 Å². The van der Waals surface area contributed by atoms with Crippen LogP contribution in [0.3, 0.4) is 0 Å². The zero-order chi connectivity index (χ0) is 14.4. The molecule has 0 atom stereocenters. The zero-order valence-corrected chi connectivity index (χ0v) is 16.2. The van der Waals surface area contributed by atoms with Gasteiger partial charge in [-0.25, -0.2) is 0 Å². The Morgan fingerprint density at radius 2 is 1.86 bits per heavy atom. The molecule has 1 aromatic carbocycles. The van der Waals surface area contributed by atoms with E-state index in [-0.39, 0.29) is 24.8 Å². The molecule has 2 N–H and O–H groups in total. The molecule has 22 heavy (non-hydrogen) atoms. The number of piperidine rings is 1. The average molecular weight is 416 g/mol. The molecule has 128 valence electrons. The maximum absolute atomic E-state index is 5.36. The summed E-state index contributed by atoms with van der Waals surface area (Å²) < 4.78 is 11.6. The van der Waals surface area contributed by atoms with Crippen molar-refractivity contribution in [2.75, 3.05) is 33.9 Å². The van der Waals surface area contributed by atoms with Gasteiger partial charge >= 0.3 is 0 Å². The van der Waals surface area contributed by atoms with Gasteiger partial charge in [0.2, 0.25) is 0 Å². The van der Waals surface area contributed by atoms with Crippen LogP contribution in [0.1, 0.15) is 18.4 Å². The quantitative estimate of drug-likeness (QED) is 0.747. The Morgan fingerprint density at radius 1 is 1.18 bits per heavy atom. The van der Waals surface area contributed by atoms with Crippen LogP contribution in [0.5, 0.6) is 11.5 Å². The van der Waals surface area contributed by atoms with Gasteiger partial charge in [-0.1, -0.05) is 0 Å². The van der Waals surface area contributed by atoms with Crippen molar-refractivity contribution in [1.29, 1.82) is 0 Å². The summed E-state index contributed by atoms with van der Waals surface area (Å²) in [6, 6.07) is 4.11. The SMILES string of the molecule is COc1cc(CNCC2CCNCC2)cc(Br)c1OC.Cl.Cl. The van der Waals surface area contributed by atoms with Crippen molar-refractivity contribution in [2.45, 2.75) is 19.4 Å². The van der Waals surface area contributed by atoms with Crippen LogP contribution in [-0.2, 0) is 6.54 Å². The van der Waals surface area contributed by atoms with Crippen LogP contribution in [0.15, 0.2) is 16.6 Å². The summed E-state index contributed by atoms with van der Waals surface area (Å²) in [5.74, 6) is 2.30. The lowest BCUT2D eigenvalue weighted by Gasteiger charge is -2.23. The van der Waals surface area contributed by atoms with Crippen LogP contribution in [0, 0.1) is 5.92 Å². The number of rotatable bonds is 6. The normalized spacial score (nSPS) is 14.7. The number of nitrogens with one attached hydrogen (secondary N) is 2. The van der Waals surface area contributed by atoms with E-state index < -0.39 is 0 Å². The number of ether oxygens (including phenoxy) is 2. The van der Waals surface area contributed by atoms with E-state index in [4.69, 9.17) is 9.47 Å². The first kappa shape index (κ1) is 21.8.